The molecule has 0 saturated heterocycles. The minimum atomic E-state index is -4.64. The molecule has 0 radical (unpaired) electrons. The molecular weight excluding hydrogens is 1180 g/mol. The molecule has 0 amide bonds. The number of nitrogens with zero attached hydrogens (tertiary/aromatic N) is 1. The van der Waals surface area contributed by atoms with Crippen LogP contribution in [-0.4, -0.2) is 70.0 Å². The summed E-state index contributed by atoms with van der Waals surface area (Å²) in [5, 5.41) is 0. The molecule has 0 aromatic heterocycles. The zero-order valence-electron chi connectivity index (χ0n) is 64.0. The average molecular weight is 1350 g/mol. The van der Waals surface area contributed by atoms with E-state index < -0.39 is 26.5 Å². The maximum Gasteiger partial charge on any atom is 0.306 e. The zero-order valence-corrected chi connectivity index (χ0v) is 64.9. The van der Waals surface area contributed by atoms with Crippen LogP contribution in [0.15, 0.2) is 24.3 Å². The molecule has 0 bridgehead atoms. The van der Waals surface area contributed by atoms with E-state index in [1.165, 1.54) is 379 Å². The number of phosphoric acid groups is 1. The Hall–Kier alpha value is -1.51. The van der Waals surface area contributed by atoms with Crippen LogP contribution in [0.4, 0.5) is 0 Å². The molecule has 0 aromatic rings. The largest absolute Gasteiger partial charge is 0.756 e. The number of hydrogen-bond donors (Lipinski definition) is 0. The summed E-state index contributed by atoms with van der Waals surface area (Å²) < 4.78 is 34.5. The molecule has 2 atom stereocenters. The number of hydrogen-bond acceptors (Lipinski definition) is 8. The Bertz CT molecular complexity index is 1630. The van der Waals surface area contributed by atoms with Gasteiger partial charge in [-0.1, -0.05) is 417 Å². The number of allylic oxidation sites excluding steroid dienone is 4. The Morgan fingerprint density at radius 2 is 0.574 bits per heavy atom. The number of esters is 2. The first-order valence-electron chi connectivity index (χ1n) is 42.0. The number of unbranched alkanes of at least 4 members (excludes halogenated alkanes) is 62. The number of quaternary nitrogens is 1. The molecule has 558 valence electrons. The van der Waals surface area contributed by atoms with Crippen LogP contribution in [0.25, 0.3) is 0 Å². The summed E-state index contributed by atoms with van der Waals surface area (Å²) in [4.78, 5) is 38.2. The van der Waals surface area contributed by atoms with Gasteiger partial charge in [0, 0.05) is 12.8 Å². The second-order valence-electron chi connectivity index (χ2n) is 30.2. The fourth-order valence-electron chi connectivity index (χ4n) is 13.0. The highest BCUT2D eigenvalue weighted by atomic mass is 31.2. The standard InChI is InChI=1S/C84H164NO8P/c1-6-8-10-12-14-16-18-20-22-24-26-28-30-32-34-36-37-38-39-40-41-42-43-44-45-46-47-49-51-53-55-57-59-61-63-65-67-69-71-73-75-77-84(87)93-82(81-92-94(88,89)91-79-78-85(3,4)5)80-90-83(86)76-74-72-70-68-66-64-62-60-58-56-54-52-50-48-35-33-31-29-27-25-23-21-19-17-15-13-11-9-7-2/h18,20,24,26,82H,6-17,19,21-23,25,27-81H2,1-5H3/b20-18-,26-24-. The van der Waals surface area contributed by atoms with E-state index in [2.05, 4.69) is 38.2 Å². The van der Waals surface area contributed by atoms with E-state index in [4.69, 9.17) is 18.5 Å². The van der Waals surface area contributed by atoms with Crippen LogP contribution in [0, 0.1) is 0 Å². The van der Waals surface area contributed by atoms with E-state index in [0.717, 1.165) is 38.5 Å². The van der Waals surface area contributed by atoms with E-state index in [1.54, 1.807) is 0 Å². The molecule has 94 heavy (non-hydrogen) atoms. The summed E-state index contributed by atoms with van der Waals surface area (Å²) >= 11 is 0. The summed E-state index contributed by atoms with van der Waals surface area (Å²) in [7, 11) is 1.20. The molecule has 9 nitrogen and oxygen atoms in total. The lowest BCUT2D eigenvalue weighted by atomic mass is 10.0. The van der Waals surface area contributed by atoms with Gasteiger partial charge in [0.05, 0.1) is 27.7 Å². The molecule has 0 aliphatic rings. The lowest BCUT2D eigenvalue weighted by molar-refractivity contribution is -0.870. The first-order chi connectivity index (χ1) is 46.0. The average Bonchev–Trinajstić information content (AvgIpc) is 1.57. The monoisotopic (exact) mass is 1350 g/mol. The topological polar surface area (TPSA) is 111 Å². The number of phosphoric ester groups is 1. The lowest BCUT2D eigenvalue weighted by Gasteiger charge is -2.28. The van der Waals surface area contributed by atoms with Crippen molar-refractivity contribution in [2.75, 3.05) is 47.5 Å². The predicted molar refractivity (Wildman–Crippen MR) is 407 cm³/mol. The number of rotatable bonds is 80. The van der Waals surface area contributed by atoms with Crippen molar-refractivity contribution >= 4 is 19.8 Å². The van der Waals surface area contributed by atoms with Crippen molar-refractivity contribution in [3.8, 4) is 0 Å². The maximum absolute atomic E-state index is 12.9. The van der Waals surface area contributed by atoms with E-state index in [-0.39, 0.29) is 32.0 Å². The van der Waals surface area contributed by atoms with Crippen LogP contribution in [0.3, 0.4) is 0 Å². The molecule has 0 aliphatic carbocycles. The quantitative estimate of drug-likeness (QED) is 0.0195. The Labute approximate surface area is 587 Å². The second kappa shape index (κ2) is 75.7. The number of carbonyl (C=O) groups excluding carboxylic acids is 2. The SMILES string of the molecule is CCCCCCC/C=C\C/C=C\CCCCCCCCCCCCCCCCCCCCCCCCCCCCCCCC(=O)OC(COC(=O)CCCCCCCCCCCCCCCCCCCCCCCCCCCCCCC)COP(=O)([O-])OCC[N+](C)(C)C. The molecule has 0 spiro atoms. The third kappa shape index (κ3) is 79.5. The smallest absolute Gasteiger partial charge is 0.306 e. The Kier molecular flexibility index (Phi) is 74.5. The summed E-state index contributed by atoms with van der Waals surface area (Å²) in [6.07, 6.45) is 97.6. The first-order valence-corrected chi connectivity index (χ1v) is 43.5. The number of carbonyl (C=O) groups is 2. The van der Waals surface area contributed by atoms with Crippen LogP contribution in [0.1, 0.15) is 450 Å². The summed E-state index contributed by atoms with van der Waals surface area (Å²) in [5.74, 6) is -0.802. The third-order valence-corrected chi connectivity index (χ3v) is 20.4. The van der Waals surface area contributed by atoms with E-state index in [0.29, 0.717) is 17.4 Å². The van der Waals surface area contributed by atoms with Crippen molar-refractivity contribution in [2.45, 2.75) is 457 Å². The summed E-state index contributed by atoms with van der Waals surface area (Å²) in [6.45, 7) is 4.33. The van der Waals surface area contributed by atoms with Crippen molar-refractivity contribution in [1.29, 1.82) is 0 Å². The normalized spacial score (nSPS) is 13.0. The van der Waals surface area contributed by atoms with Gasteiger partial charge in [0.2, 0.25) is 0 Å². The van der Waals surface area contributed by atoms with Gasteiger partial charge in [0.25, 0.3) is 7.82 Å². The maximum atomic E-state index is 12.9. The lowest BCUT2D eigenvalue weighted by Crippen LogP contribution is -2.37. The Balaban J connectivity index is 3.85. The van der Waals surface area contributed by atoms with Gasteiger partial charge in [-0.15, -0.1) is 0 Å². The summed E-state index contributed by atoms with van der Waals surface area (Å²) in [6, 6.07) is 0. The number of ether oxygens (including phenoxy) is 2. The molecule has 10 heteroatoms. The van der Waals surface area contributed by atoms with Crippen molar-refractivity contribution in [3.63, 3.8) is 0 Å². The van der Waals surface area contributed by atoms with Crippen LogP contribution in [-0.2, 0) is 32.7 Å². The molecular formula is C84H164NO8P. The highest BCUT2D eigenvalue weighted by Gasteiger charge is 2.22. The van der Waals surface area contributed by atoms with Gasteiger partial charge in [-0.3, -0.25) is 14.2 Å². The first kappa shape index (κ1) is 92.5. The molecule has 0 aromatic carbocycles. The van der Waals surface area contributed by atoms with Gasteiger partial charge in [-0.05, 0) is 44.9 Å². The zero-order chi connectivity index (χ0) is 68.3. The highest BCUT2D eigenvalue weighted by molar-refractivity contribution is 7.45. The van der Waals surface area contributed by atoms with Gasteiger partial charge < -0.3 is 27.9 Å². The minimum absolute atomic E-state index is 0.0257. The summed E-state index contributed by atoms with van der Waals surface area (Å²) in [5.41, 5.74) is 0. The second-order valence-corrected chi connectivity index (χ2v) is 31.6. The van der Waals surface area contributed by atoms with Crippen molar-refractivity contribution in [2.24, 2.45) is 0 Å². The van der Waals surface area contributed by atoms with Crippen molar-refractivity contribution in [1.82, 2.24) is 0 Å². The van der Waals surface area contributed by atoms with E-state index >= 15 is 0 Å². The van der Waals surface area contributed by atoms with Crippen LogP contribution >= 0.6 is 7.82 Å². The van der Waals surface area contributed by atoms with Crippen LogP contribution in [0.5, 0.6) is 0 Å². The van der Waals surface area contributed by atoms with Gasteiger partial charge in [0.15, 0.2) is 6.10 Å². The molecule has 0 N–H and O–H groups in total. The van der Waals surface area contributed by atoms with Crippen molar-refractivity contribution < 1.29 is 42.1 Å². The van der Waals surface area contributed by atoms with Gasteiger partial charge >= 0.3 is 11.9 Å². The highest BCUT2D eigenvalue weighted by Crippen LogP contribution is 2.38. The van der Waals surface area contributed by atoms with Crippen LogP contribution < -0.4 is 4.89 Å². The van der Waals surface area contributed by atoms with E-state index in [1.807, 2.05) is 21.1 Å². The molecule has 0 rings (SSSR count). The van der Waals surface area contributed by atoms with Crippen molar-refractivity contribution in [3.05, 3.63) is 24.3 Å². The number of likely N-dealkylation sites (N-methyl/N-ethyl adjacent to an activating group) is 1. The fourth-order valence-corrected chi connectivity index (χ4v) is 13.8. The molecule has 0 aliphatic heterocycles. The molecule has 2 unspecified atom stereocenters. The molecule has 0 fully saturated rings. The van der Waals surface area contributed by atoms with E-state index in [9.17, 15) is 19.0 Å². The van der Waals surface area contributed by atoms with Gasteiger partial charge in [-0.25, -0.2) is 0 Å². The fraction of sp³-hybridized carbons (Fsp3) is 0.929. The minimum Gasteiger partial charge on any atom is -0.756 e. The third-order valence-electron chi connectivity index (χ3n) is 19.5. The van der Waals surface area contributed by atoms with Gasteiger partial charge in [0.1, 0.15) is 19.8 Å². The molecule has 0 saturated carbocycles. The molecule has 0 heterocycles. The predicted octanol–water partition coefficient (Wildman–Crippen LogP) is 27.3. The Morgan fingerprint density at radius 1 is 0.330 bits per heavy atom. The van der Waals surface area contributed by atoms with Gasteiger partial charge in [-0.2, -0.15) is 0 Å². The van der Waals surface area contributed by atoms with Crippen LogP contribution in [0.2, 0.25) is 0 Å². The Morgan fingerprint density at radius 3 is 0.840 bits per heavy atom.